The molecule has 0 radical (unpaired) electrons. The summed E-state index contributed by atoms with van der Waals surface area (Å²) in [4.78, 5) is 12.5. The SMILES string of the molecule is CCC(CC)C(O)CNC(=O)C(C)(C)c1ccc(OC)cc1. The first kappa shape index (κ1) is 18.5. The number of aliphatic hydroxyl groups excluding tert-OH is 1. The summed E-state index contributed by atoms with van der Waals surface area (Å²) >= 11 is 0. The molecule has 2 N–H and O–H groups in total. The summed E-state index contributed by atoms with van der Waals surface area (Å²) in [6, 6.07) is 7.50. The third kappa shape index (κ3) is 4.47. The van der Waals surface area contributed by atoms with Gasteiger partial charge in [-0.15, -0.1) is 0 Å². The van der Waals surface area contributed by atoms with Crippen LogP contribution in [0.2, 0.25) is 0 Å². The van der Waals surface area contributed by atoms with Crippen LogP contribution in [0.1, 0.15) is 46.1 Å². The van der Waals surface area contributed by atoms with Gasteiger partial charge in [0.2, 0.25) is 5.91 Å². The molecule has 0 saturated heterocycles. The van der Waals surface area contributed by atoms with Crippen LogP contribution in [0.5, 0.6) is 5.75 Å². The number of hydrogen-bond acceptors (Lipinski definition) is 3. The van der Waals surface area contributed by atoms with Crippen LogP contribution < -0.4 is 10.1 Å². The quantitative estimate of drug-likeness (QED) is 0.776. The zero-order chi connectivity index (χ0) is 16.8. The minimum atomic E-state index is -0.653. The lowest BCUT2D eigenvalue weighted by molar-refractivity contribution is -0.126. The molecule has 124 valence electrons. The van der Waals surface area contributed by atoms with Crippen LogP contribution in [-0.2, 0) is 10.2 Å². The fourth-order valence-electron chi connectivity index (χ4n) is 2.56. The highest BCUT2D eigenvalue weighted by Crippen LogP contribution is 2.25. The summed E-state index contributed by atoms with van der Waals surface area (Å²) in [7, 11) is 1.62. The molecule has 0 saturated carbocycles. The van der Waals surface area contributed by atoms with Gasteiger partial charge in [0.1, 0.15) is 5.75 Å². The van der Waals surface area contributed by atoms with Crippen molar-refractivity contribution in [2.24, 2.45) is 5.92 Å². The highest BCUT2D eigenvalue weighted by Gasteiger charge is 2.30. The smallest absolute Gasteiger partial charge is 0.230 e. The van der Waals surface area contributed by atoms with E-state index in [1.54, 1.807) is 7.11 Å². The second kappa shape index (κ2) is 8.18. The van der Waals surface area contributed by atoms with Gasteiger partial charge in [0.25, 0.3) is 0 Å². The molecular weight excluding hydrogens is 278 g/mol. The van der Waals surface area contributed by atoms with Crippen LogP contribution in [0.3, 0.4) is 0 Å². The maximum Gasteiger partial charge on any atom is 0.230 e. The van der Waals surface area contributed by atoms with E-state index in [1.165, 1.54) is 0 Å². The molecule has 0 aliphatic carbocycles. The molecule has 0 heterocycles. The van der Waals surface area contributed by atoms with Crippen LogP contribution in [0.15, 0.2) is 24.3 Å². The van der Waals surface area contributed by atoms with Crippen molar-refractivity contribution in [1.29, 1.82) is 0 Å². The molecule has 1 unspecified atom stereocenters. The molecule has 1 aromatic carbocycles. The maximum atomic E-state index is 12.5. The summed E-state index contributed by atoms with van der Waals surface area (Å²) in [5.41, 5.74) is 0.266. The van der Waals surface area contributed by atoms with Gasteiger partial charge in [-0.05, 0) is 37.5 Å². The third-order valence-corrected chi connectivity index (χ3v) is 4.44. The van der Waals surface area contributed by atoms with Crippen molar-refractivity contribution in [3.05, 3.63) is 29.8 Å². The van der Waals surface area contributed by atoms with Gasteiger partial charge in [0.15, 0.2) is 0 Å². The van der Waals surface area contributed by atoms with E-state index in [1.807, 2.05) is 38.1 Å². The minimum Gasteiger partial charge on any atom is -0.497 e. The maximum absolute atomic E-state index is 12.5. The van der Waals surface area contributed by atoms with Gasteiger partial charge in [-0.25, -0.2) is 0 Å². The fourth-order valence-corrected chi connectivity index (χ4v) is 2.56. The fraction of sp³-hybridized carbons (Fsp3) is 0.611. The number of amides is 1. The standard InChI is InChI=1S/C18H29NO3/c1-6-13(7-2)16(20)12-19-17(21)18(3,4)14-8-10-15(22-5)11-9-14/h8-11,13,16,20H,6-7,12H2,1-5H3,(H,19,21). The summed E-state index contributed by atoms with van der Waals surface area (Å²) in [5.74, 6) is 0.913. The number of nitrogens with one attached hydrogen (secondary N) is 1. The van der Waals surface area contributed by atoms with Gasteiger partial charge in [0, 0.05) is 6.54 Å². The molecule has 0 aliphatic rings. The van der Waals surface area contributed by atoms with Crippen molar-refractivity contribution in [1.82, 2.24) is 5.32 Å². The van der Waals surface area contributed by atoms with Crippen molar-refractivity contribution in [3.8, 4) is 5.75 Å². The van der Waals surface area contributed by atoms with Gasteiger partial charge in [0.05, 0.1) is 18.6 Å². The molecule has 1 amide bonds. The molecule has 0 aromatic heterocycles. The van der Waals surface area contributed by atoms with Crippen LogP contribution in [0, 0.1) is 5.92 Å². The lowest BCUT2D eigenvalue weighted by Gasteiger charge is -2.26. The predicted molar refractivity (Wildman–Crippen MR) is 89.1 cm³/mol. The zero-order valence-corrected chi connectivity index (χ0v) is 14.3. The van der Waals surface area contributed by atoms with Gasteiger partial charge in [-0.3, -0.25) is 4.79 Å². The molecule has 0 spiro atoms. The number of carbonyl (C=O) groups is 1. The number of carbonyl (C=O) groups excluding carboxylic acids is 1. The molecule has 1 atom stereocenters. The lowest BCUT2D eigenvalue weighted by Crippen LogP contribution is -2.44. The molecular formula is C18H29NO3. The molecule has 4 heteroatoms. The largest absolute Gasteiger partial charge is 0.497 e. The first-order chi connectivity index (χ1) is 10.4. The molecule has 0 bridgehead atoms. The Labute approximate surface area is 133 Å². The zero-order valence-electron chi connectivity index (χ0n) is 14.3. The van der Waals surface area contributed by atoms with Crippen molar-refractivity contribution >= 4 is 5.91 Å². The second-order valence-corrected chi connectivity index (χ2v) is 6.21. The van der Waals surface area contributed by atoms with E-state index < -0.39 is 11.5 Å². The van der Waals surface area contributed by atoms with E-state index in [0.29, 0.717) is 6.54 Å². The van der Waals surface area contributed by atoms with E-state index >= 15 is 0 Å². The monoisotopic (exact) mass is 307 g/mol. The van der Waals surface area contributed by atoms with E-state index in [2.05, 4.69) is 19.2 Å². The minimum absolute atomic E-state index is 0.0809. The van der Waals surface area contributed by atoms with Gasteiger partial charge in [-0.2, -0.15) is 0 Å². The van der Waals surface area contributed by atoms with Gasteiger partial charge >= 0.3 is 0 Å². The van der Waals surface area contributed by atoms with Crippen molar-refractivity contribution in [2.75, 3.05) is 13.7 Å². The molecule has 4 nitrogen and oxygen atoms in total. The first-order valence-corrected chi connectivity index (χ1v) is 7.97. The van der Waals surface area contributed by atoms with Gasteiger partial charge < -0.3 is 15.2 Å². The number of rotatable bonds is 8. The van der Waals surface area contributed by atoms with E-state index in [0.717, 1.165) is 24.2 Å². The Morgan fingerprint density at radius 3 is 2.23 bits per heavy atom. The summed E-state index contributed by atoms with van der Waals surface area (Å²) in [6.07, 6.45) is 1.33. The molecule has 0 fully saturated rings. The van der Waals surface area contributed by atoms with E-state index in [-0.39, 0.29) is 11.8 Å². The highest BCUT2D eigenvalue weighted by molar-refractivity contribution is 5.87. The average molecular weight is 307 g/mol. The number of aliphatic hydroxyl groups is 1. The highest BCUT2D eigenvalue weighted by atomic mass is 16.5. The van der Waals surface area contributed by atoms with Gasteiger partial charge in [-0.1, -0.05) is 38.8 Å². The second-order valence-electron chi connectivity index (χ2n) is 6.21. The topological polar surface area (TPSA) is 58.6 Å². The average Bonchev–Trinajstić information content (AvgIpc) is 2.53. The van der Waals surface area contributed by atoms with Crippen LogP contribution in [-0.4, -0.2) is 30.8 Å². The lowest BCUT2D eigenvalue weighted by atomic mass is 9.83. The number of ether oxygens (including phenoxy) is 1. The number of methoxy groups -OCH3 is 1. The molecule has 22 heavy (non-hydrogen) atoms. The first-order valence-electron chi connectivity index (χ1n) is 7.97. The van der Waals surface area contributed by atoms with E-state index in [4.69, 9.17) is 4.74 Å². The Balaban J connectivity index is 2.69. The Morgan fingerprint density at radius 1 is 1.23 bits per heavy atom. The third-order valence-electron chi connectivity index (χ3n) is 4.44. The number of benzene rings is 1. The van der Waals surface area contributed by atoms with E-state index in [9.17, 15) is 9.90 Å². The van der Waals surface area contributed by atoms with Crippen molar-refractivity contribution in [3.63, 3.8) is 0 Å². The summed E-state index contributed by atoms with van der Waals surface area (Å²) in [6.45, 7) is 8.17. The van der Waals surface area contributed by atoms with Crippen LogP contribution in [0.4, 0.5) is 0 Å². The van der Waals surface area contributed by atoms with Crippen LogP contribution >= 0.6 is 0 Å². The Hall–Kier alpha value is -1.55. The predicted octanol–water partition coefficient (Wildman–Crippen LogP) is 2.89. The Kier molecular flexibility index (Phi) is 6.88. The molecule has 0 aliphatic heterocycles. The molecule has 1 aromatic rings. The summed E-state index contributed by atoms with van der Waals surface area (Å²) < 4.78 is 5.14. The summed E-state index contributed by atoms with van der Waals surface area (Å²) in [5, 5.41) is 13.0. The normalized spacial score (nSPS) is 13.0. The Morgan fingerprint density at radius 2 is 1.77 bits per heavy atom. The Bertz CT molecular complexity index is 464. The van der Waals surface area contributed by atoms with Crippen molar-refractivity contribution < 1.29 is 14.6 Å². The molecule has 1 rings (SSSR count). The van der Waals surface area contributed by atoms with Crippen molar-refractivity contribution in [2.45, 2.75) is 52.1 Å². The van der Waals surface area contributed by atoms with Crippen LogP contribution in [0.25, 0.3) is 0 Å². The number of hydrogen-bond donors (Lipinski definition) is 2.